The highest BCUT2D eigenvalue weighted by atomic mass is 16.5. The third-order valence-electron chi connectivity index (χ3n) is 4.34. The van der Waals surface area contributed by atoms with E-state index < -0.39 is 29.5 Å². The van der Waals surface area contributed by atoms with Crippen LogP contribution >= 0.6 is 0 Å². The van der Waals surface area contributed by atoms with Crippen LogP contribution in [0.4, 0.5) is 0 Å². The first-order valence-corrected chi connectivity index (χ1v) is 10.2. The molecule has 1 N–H and O–H groups in total. The Morgan fingerprint density at radius 2 is 1.46 bits per heavy atom. The molecule has 0 radical (unpaired) electrons. The van der Waals surface area contributed by atoms with Crippen molar-refractivity contribution in [3.63, 3.8) is 0 Å². The number of rotatable bonds is 17. The van der Waals surface area contributed by atoms with E-state index in [9.17, 15) is 9.59 Å². The average Bonchev–Trinajstić information content (AvgIpc) is 2.57. The van der Waals surface area contributed by atoms with Gasteiger partial charge in [-0.2, -0.15) is 0 Å². The monoisotopic (exact) mass is 375 g/mol. The van der Waals surface area contributed by atoms with Gasteiger partial charge in [-0.25, -0.2) is 0 Å². The highest BCUT2D eigenvalue weighted by Gasteiger charge is 2.24. The third-order valence-corrected chi connectivity index (χ3v) is 4.34. The molecule has 154 valence electrons. The molecule has 0 aliphatic rings. The van der Waals surface area contributed by atoms with Crippen molar-refractivity contribution in [2.24, 2.45) is 0 Å². The zero-order valence-electron chi connectivity index (χ0n) is 20.1. The quantitative estimate of drug-likeness (QED) is 0.226. The van der Waals surface area contributed by atoms with Gasteiger partial charge in [0.1, 0.15) is 6.54 Å². The third kappa shape index (κ3) is 17.7. The van der Waals surface area contributed by atoms with E-state index in [2.05, 4.69) is 6.92 Å². The summed E-state index contributed by atoms with van der Waals surface area (Å²) in [7, 11) is 2.97. The molecule has 0 aliphatic heterocycles. The SMILES string of the molecule is [2H]C([2H])([2H])[N+](C)(C)C[C@@H](CC(=O)O)OC(=O)CCCCCCCCCCCCC. The Bertz CT molecular complexity index is 467. The number of esters is 1. The van der Waals surface area contributed by atoms with Crippen molar-refractivity contribution in [2.45, 2.75) is 96.5 Å². The van der Waals surface area contributed by atoms with Gasteiger partial charge in [0.05, 0.1) is 31.6 Å². The van der Waals surface area contributed by atoms with Crippen molar-refractivity contribution in [1.29, 1.82) is 0 Å². The Balaban J connectivity index is 4.04. The summed E-state index contributed by atoms with van der Waals surface area (Å²) < 4.78 is 27.6. The highest BCUT2D eigenvalue weighted by molar-refractivity contribution is 5.71. The molecule has 0 heterocycles. The molecule has 1 atom stereocenters. The van der Waals surface area contributed by atoms with E-state index >= 15 is 0 Å². The maximum absolute atomic E-state index is 12.1. The van der Waals surface area contributed by atoms with Crippen LogP contribution in [0.3, 0.4) is 0 Å². The molecule has 0 aromatic rings. The summed E-state index contributed by atoms with van der Waals surface area (Å²) in [5, 5.41) is 9.03. The Hall–Kier alpha value is -1.10. The van der Waals surface area contributed by atoms with E-state index in [0.717, 1.165) is 12.8 Å². The van der Waals surface area contributed by atoms with Crippen molar-refractivity contribution in [3.8, 4) is 0 Å². The topological polar surface area (TPSA) is 63.6 Å². The number of nitrogens with zero attached hydrogens (tertiary/aromatic N) is 1. The number of quaternary nitrogens is 1. The lowest BCUT2D eigenvalue weighted by Gasteiger charge is -2.28. The minimum absolute atomic E-state index is 0.0627. The number of hydrogen-bond donors (Lipinski definition) is 1. The van der Waals surface area contributed by atoms with Crippen molar-refractivity contribution >= 4 is 11.9 Å². The van der Waals surface area contributed by atoms with Crippen LogP contribution in [0.25, 0.3) is 0 Å². The number of carbonyl (C=O) groups is 2. The molecule has 0 aliphatic carbocycles. The molecular weight excluding hydrogens is 330 g/mol. The molecule has 26 heavy (non-hydrogen) atoms. The molecule has 0 bridgehead atoms. The maximum atomic E-state index is 12.1. The van der Waals surface area contributed by atoms with Crippen LogP contribution in [0.5, 0.6) is 0 Å². The lowest BCUT2D eigenvalue weighted by atomic mass is 10.1. The Labute approximate surface area is 164 Å². The molecule has 5 nitrogen and oxygen atoms in total. The fourth-order valence-corrected chi connectivity index (χ4v) is 3.03. The molecule has 0 saturated heterocycles. The lowest BCUT2D eigenvalue weighted by molar-refractivity contribution is -0.873. The normalized spacial score (nSPS) is 15.0. The minimum atomic E-state index is -2.31. The zero-order chi connectivity index (χ0) is 22.3. The summed E-state index contributed by atoms with van der Waals surface area (Å²) in [5.74, 6) is -1.55. The molecule has 0 spiro atoms. The lowest BCUT2D eigenvalue weighted by Crippen LogP contribution is -2.43. The first-order valence-electron chi connectivity index (χ1n) is 11.7. The standard InChI is InChI=1S/C21H41NO4/c1-5-6-7-8-9-10-11-12-13-14-15-16-21(25)26-19(17-20(23)24)18-22(2,3)4/h19H,5-18H2,1-4H3/p+1/t19-/m1/s1/i2D3. The van der Waals surface area contributed by atoms with Gasteiger partial charge in [-0.15, -0.1) is 0 Å². The number of ether oxygens (including phenoxy) is 1. The predicted octanol–water partition coefficient (Wildman–Crippen LogP) is 4.78. The Kier molecular flexibility index (Phi) is 11.3. The summed E-state index contributed by atoms with van der Waals surface area (Å²) in [6.45, 7) is -0.148. The molecule has 0 unspecified atom stereocenters. The molecule has 0 saturated carbocycles. The summed E-state index contributed by atoms with van der Waals surface area (Å²) in [6, 6.07) is 0. The molecule has 0 aromatic heterocycles. The van der Waals surface area contributed by atoms with Gasteiger partial charge in [-0.1, -0.05) is 71.1 Å². The van der Waals surface area contributed by atoms with E-state index in [1.165, 1.54) is 65.5 Å². The van der Waals surface area contributed by atoms with Crippen LogP contribution in [0.2, 0.25) is 0 Å². The van der Waals surface area contributed by atoms with Gasteiger partial charge in [0.25, 0.3) is 0 Å². The number of carboxylic acids is 1. The van der Waals surface area contributed by atoms with Gasteiger partial charge in [0, 0.05) is 6.42 Å². The second-order valence-corrected chi connectivity index (χ2v) is 7.86. The Morgan fingerprint density at radius 3 is 1.92 bits per heavy atom. The van der Waals surface area contributed by atoms with E-state index in [1.807, 2.05) is 0 Å². The smallest absolute Gasteiger partial charge is 0.307 e. The van der Waals surface area contributed by atoms with E-state index in [1.54, 1.807) is 0 Å². The summed E-state index contributed by atoms with van der Waals surface area (Å²) in [5.41, 5.74) is 0. The van der Waals surface area contributed by atoms with Crippen LogP contribution in [0.1, 0.15) is 94.5 Å². The van der Waals surface area contributed by atoms with E-state index in [4.69, 9.17) is 14.0 Å². The summed E-state index contributed by atoms with van der Waals surface area (Å²) in [6.07, 6.45) is 11.9. The van der Waals surface area contributed by atoms with E-state index in [0.29, 0.717) is 6.42 Å². The second-order valence-electron chi connectivity index (χ2n) is 7.86. The Morgan fingerprint density at radius 1 is 0.962 bits per heavy atom. The number of likely N-dealkylation sites (N-methyl/N-ethyl adjacent to an activating group) is 1. The predicted molar refractivity (Wildman–Crippen MR) is 106 cm³/mol. The number of unbranched alkanes of at least 4 members (excludes halogenated alkanes) is 10. The van der Waals surface area contributed by atoms with Gasteiger partial charge in [0.2, 0.25) is 0 Å². The fraction of sp³-hybridized carbons (Fsp3) is 0.905. The molecule has 0 fully saturated rings. The van der Waals surface area contributed by atoms with Crippen LogP contribution in [-0.4, -0.2) is 55.2 Å². The van der Waals surface area contributed by atoms with Crippen LogP contribution in [-0.2, 0) is 14.3 Å². The van der Waals surface area contributed by atoms with Gasteiger partial charge in [-0.3, -0.25) is 9.59 Å². The van der Waals surface area contributed by atoms with Gasteiger partial charge < -0.3 is 14.3 Å². The van der Waals surface area contributed by atoms with E-state index in [-0.39, 0.29) is 19.4 Å². The largest absolute Gasteiger partial charge is 0.481 e. The molecule has 0 aromatic carbocycles. The van der Waals surface area contributed by atoms with Crippen LogP contribution < -0.4 is 0 Å². The van der Waals surface area contributed by atoms with Crippen molar-refractivity contribution in [3.05, 3.63) is 0 Å². The molecule has 0 amide bonds. The number of hydrogen-bond acceptors (Lipinski definition) is 3. The van der Waals surface area contributed by atoms with Crippen molar-refractivity contribution < 1.29 is 28.0 Å². The second kappa shape index (κ2) is 15.0. The minimum Gasteiger partial charge on any atom is -0.481 e. The van der Waals surface area contributed by atoms with Crippen molar-refractivity contribution in [1.82, 2.24) is 0 Å². The van der Waals surface area contributed by atoms with Gasteiger partial charge in [-0.05, 0) is 6.42 Å². The van der Waals surface area contributed by atoms with Crippen LogP contribution in [0.15, 0.2) is 0 Å². The molecule has 5 heteroatoms. The molecular formula is C21H42NO4+. The summed E-state index contributed by atoms with van der Waals surface area (Å²) >= 11 is 0. The van der Waals surface area contributed by atoms with Gasteiger partial charge in [0.15, 0.2) is 6.10 Å². The maximum Gasteiger partial charge on any atom is 0.307 e. The molecule has 0 rings (SSSR count). The summed E-state index contributed by atoms with van der Waals surface area (Å²) in [4.78, 5) is 23.1. The first kappa shape index (κ1) is 19.7. The first-order chi connectivity index (χ1) is 13.5. The highest BCUT2D eigenvalue weighted by Crippen LogP contribution is 2.13. The fourth-order valence-electron chi connectivity index (χ4n) is 3.03. The average molecular weight is 376 g/mol. The van der Waals surface area contributed by atoms with Gasteiger partial charge >= 0.3 is 11.9 Å². The number of carboxylic acid groups (broad SMARTS) is 1. The number of carbonyl (C=O) groups excluding carboxylic acids is 1. The van der Waals surface area contributed by atoms with Crippen molar-refractivity contribution in [2.75, 3.05) is 27.6 Å². The number of aliphatic carboxylic acids is 1. The van der Waals surface area contributed by atoms with Crippen LogP contribution in [0, 0.1) is 0 Å². The zero-order valence-corrected chi connectivity index (χ0v) is 17.1.